The fraction of sp³-hybridized carbons (Fsp3) is 0.188. The summed E-state index contributed by atoms with van der Waals surface area (Å²) in [6.45, 7) is 0. The van der Waals surface area contributed by atoms with E-state index in [-0.39, 0.29) is 5.91 Å². The van der Waals surface area contributed by atoms with Crippen molar-refractivity contribution in [1.82, 2.24) is 0 Å². The van der Waals surface area contributed by atoms with Crippen molar-refractivity contribution in [1.29, 1.82) is 0 Å². The highest BCUT2D eigenvalue weighted by Gasteiger charge is 2.13. The lowest BCUT2D eigenvalue weighted by Gasteiger charge is -2.12. The van der Waals surface area contributed by atoms with Crippen molar-refractivity contribution < 1.29 is 4.79 Å². The maximum Gasteiger partial charge on any atom is 0.241 e. The third-order valence-corrected chi connectivity index (χ3v) is 4.73. The molecule has 0 heterocycles. The van der Waals surface area contributed by atoms with Crippen molar-refractivity contribution >= 4 is 46.6 Å². The molecule has 2 aromatic carbocycles. The lowest BCUT2D eigenvalue weighted by Crippen LogP contribution is -2.36. The Balaban J connectivity index is 1.78. The largest absolute Gasteiger partial charge is 0.325 e. The second-order valence-corrected chi connectivity index (χ2v) is 6.66. The van der Waals surface area contributed by atoms with Crippen molar-refractivity contribution in [2.75, 3.05) is 11.1 Å². The van der Waals surface area contributed by atoms with Crippen LogP contribution in [0.4, 0.5) is 5.69 Å². The highest BCUT2D eigenvalue weighted by molar-refractivity contribution is 7.99. The number of anilines is 1. The van der Waals surface area contributed by atoms with Crippen LogP contribution in [0.15, 0.2) is 53.4 Å². The molecule has 3 nitrogen and oxygen atoms in total. The predicted molar refractivity (Wildman–Crippen MR) is 94.9 cm³/mol. The molecule has 0 aliphatic rings. The summed E-state index contributed by atoms with van der Waals surface area (Å²) in [5.41, 5.74) is 6.66. The second kappa shape index (κ2) is 8.44. The first kappa shape index (κ1) is 17.2. The van der Waals surface area contributed by atoms with Crippen LogP contribution in [0.25, 0.3) is 0 Å². The van der Waals surface area contributed by atoms with E-state index in [4.69, 9.17) is 28.9 Å². The van der Waals surface area contributed by atoms with Gasteiger partial charge < -0.3 is 11.1 Å². The van der Waals surface area contributed by atoms with Gasteiger partial charge in [0.15, 0.2) is 0 Å². The van der Waals surface area contributed by atoms with Gasteiger partial charge >= 0.3 is 0 Å². The summed E-state index contributed by atoms with van der Waals surface area (Å²) in [6, 6.07) is 14.2. The van der Waals surface area contributed by atoms with Crippen LogP contribution in [0.3, 0.4) is 0 Å². The van der Waals surface area contributed by atoms with E-state index in [2.05, 4.69) is 5.32 Å². The maximum atomic E-state index is 12.0. The number of amides is 1. The number of nitrogens with one attached hydrogen (secondary N) is 1. The van der Waals surface area contributed by atoms with Crippen LogP contribution in [0.5, 0.6) is 0 Å². The first-order chi connectivity index (χ1) is 10.6. The Labute approximate surface area is 144 Å². The van der Waals surface area contributed by atoms with Gasteiger partial charge in [-0.15, -0.1) is 11.8 Å². The van der Waals surface area contributed by atoms with Gasteiger partial charge in [-0.2, -0.15) is 0 Å². The smallest absolute Gasteiger partial charge is 0.241 e. The van der Waals surface area contributed by atoms with Crippen LogP contribution in [0.2, 0.25) is 10.0 Å². The van der Waals surface area contributed by atoms with Crippen molar-refractivity contribution in [3.63, 3.8) is 0 Å². The Bertz CT molecular complexity index is 637. The molecule has 0 fully saturated rings. The number of carbonyl (C=O) groups is 1. The topological polar surface area (TPSA) is 55.1 Å². The van der Waals surface area contributed by atoms with Gasteiger partial charge in [-0.1, -0.05) is 41.4 Å². The highest BCUT2D eigenvalue weighted by Crippen LogP contribution is 2.28. The minimum absolute atomic E-state index is 0.180. The van der Waals surface area contributed by atoms with Gasteiger partial charge in [0.2, 0.25) is 5.91 Å². The molecule has 0 radical (unpaired) electrons. The average molecular weight is 355 g/mol. The maximum absolute atomic E-state index is 12.0. The Morgan fingerprint density at radius 3 is 2.55 bits per heavy atom. The number of rotatable bonds is 6. The first-order valence-electron chi connectivity index (χ1n) is 6.75. The monoisotopic (exact) mass is 354 g/mol. The summed E-state index contributed by atoms with van der Waals surface area (Å²) < 4.78 is 0. The SMILES string of the molecule is NC(CCSc1ccc(Cl)c(Cl)c1)C(=O)Nc1ccccc1. The summed E-state index contributed by atoms with van der Waals surface area (Å²) in [5.74, 6) is 0.544. The Morgan fingerprint density at radius 1 is 1.14 bits per heavy atom. The first-order valence-corrected chi connectivity index (χ1v) is 8.50. The number of halogens is 2. The van der Waals surface area contributed by atoms with E-state index in [1.807, 2.05) is 42.5 Å². The zero-order valence-electron chi connectivity index (χ0n) is 11.8. The third kappa shape index (κ3) is 5.21. The predicted octanol–water partition coefficient (Wildman–Crippen LogP) is 4.44. The Kier molecular flexibility index (Phi) is 6.58. The van der Waals surface area contributed by atoms with E-state index in [9.17, 15) is 4.79 Å². The van der Waals surface area contributed by atoms with E-state index in [1.165, 1.54) is 0 Å². The fourth-order valence-electron chi connectivity index (χ4n) is 1.76. The van der Waals surface area contributed by atoms with Crippen LogP contribution in [-0.2, 0) is 4.79 Å². The molecule has 0 saturated heterocycles. The minimum atomic E-state index is -0.546. The Hall–Kier alpha value is -1.20. The summed E-state index contributed by atoms with van der Waals surface area (Å²) in [4.78, 5) is 13.0. The van der Waals surface area contributed by atoms with Crippen molar-refractivity contribution in [3.8, 4) is 0 Å². The summed E-state index contributed by atoms with van der Waals surface area (Å²) in [6.07, 6.45) is 0.573. The molecule has 0 aliphatic carbocycles. The molecule has 1 unspecified atom stereocenters. The Morgan fingerprint density at radius 2 is 1.86 bits per heavy atom. The van der Waals surface area contributed by atoms with Crippen molar-refractivity contribution in [2.24, 2.45) is 5.73 Å². The van der Waals surface area contributed by atoms with Crippen LogP contribution in [-0.4, -0.2) is 17.7 Å². The number of nitrogens with two attached hydrogens (primary N) is 1. The van der Waals surface area contributed by atoms with Gasteiger partial charge in [-0.25, -0.2) is 0 Å². The number of benzene rings is 2. The molecule has 1 amide bonds. The third-order valence-electron chi connectivity index (χ3n) is 2.97. The van der Waals surface area contributed by atoms with Crippen molar-refractivity contribution in [2.45, 2.75) is 17.4 Å². The molecule has 0 saturated carbocycles. The van der Waals surface area contributed by atoms with Crippen LogP contribution in [0.1, 0.15) is 6.42 Å². The van der Waals surface area contributed by atoms with Gasteiger partial charge in [-0.3, -0.25) is 4.79 Å². The van der Waals surface area contributed by atoms with E-state index in [0.29, 0.717) is 16.5 Å². The minimum Gasteiger partial charge on any atom is -0.325 e. The number of thioether (sulfide) groups is 1. The van der Waals surface area contributed by atoms with Gasteiger partial charge in [0.1, 0.15) is 0 Å². The quantitative estimate of drug-likeness (QED) is 0.753. The summed E-state index contributed by atoms with van der Waals surface area (Å²) >= 11 is 13.4. The average Bonchev–Trinajstić information content (AvgIpc) is 2.51. The van der Waals surface area contributed by atoms with E-state index >= 15 is 0 Å². The molecule has 0 bridgehead atoms. The molecule has 2 aromatic rings. The molecular weight excluding hydrogens is 339 g/mol. The molecule has 0 aliphatic heterocycles. The molecule has 0 spiro atoms. The highest BCUT2D eigenvalue weighted by atomic mass is 35.5. The lowest BCUT2D eigenvalue weighted by molar-refractivity contribution is -0.117. The molecular formula is C16H16Cl2N2OS. The van der Waals surface area contributed by atoms with Gasteiger partial charge in [-0.05, 0) is 42.5 Å². The molecule has 0 aromatic heterocycles. The zero-order chi connectivity index (χ0) is 15.9. The number of hydrogen-bond acceptors (Lipinski definition) is 3. The molecule has 22 heavy (non-hydrogen) atoms. The van der Waals surface area contributed by atoms with E-state index in [1.54, 1.807) is 17.8 Å². The van der Waals surface area contributed by atoms with Gasteiger partial charge in [0.05, 0.1) is 16.1 Å². The fourth-order valence-corrected chi connectivity index (χ4v) is 3.09. The number of carbonyl (C=O) groups excluding carboxylic acids is 1. The molecule has 2 rings (SSSR count). The zero-order valence-corrected chi connectivity index (χ0v) is 14.1. The molecule has 1 atom stereocenters. The molecule has 6 heteroatoms. The number of hydrogen-bond donors (Lipinski definition) is 2. The van der Waals surface area contributed by atoms with Gasteiger partial charge in [0, 0.05) is 10.6 Å². The van der Waals surface area contributed by atoms with Crippen molar-refractivity contribution in [3.05, 3.63) is 58.6 Å². The summed E-state index contributed by atoms with van der Waals surface area (Å²) in [5, 5.41) is 3.85. The van der Waals surface area contributed by atoms with E-state index < -0.39 is 6.04 Å². The van der Waals surface area contributed by atoms with Crippen LogP contribution in [0, 0.1) is 0 Å². The van der Waals surface area contributed by atoms with E-state index in [0.717, 1.165) is 16.3 Å². The number of para-hydroxylation sites is 1. The van der Waals surface area contributed by atoms with Gasteiger partial charge in [0.25, 0.3) is 0 Å². The lowest BCUT2D eigenvalue weighted by atomic mass is 10.2. The standard InChI is InChI=1S/C16H16Cl2N2OS/c17-13-7-6-12(10-14(13)18)22-9-8-15(19)16(21)20-11-4-2-1-3-5-11/h1-7,10,15H,8-9,19H2,(H,20,21). The normalized spacial score (nSPS) is 12.0. The van der Waals surface area contributed by atoms with Crippen LogP contribution >= 0.6 is 35.0 Å². The van der Waals surface area contributed by atoms with Crippen LogP contribution < -0.4 is 11.1 Å². The summed E-state index contributed by atoms with van der Waals surface area (Å²) in [7, 11) is 0. The molecule has 116 valence electrons. The second-order valence-electron chi connectivity index (χ2n) is 4.67. The molecule has 3 N–H and O–H groups in total.